The zero-order chi connectivity index (χ0) is 41.0. The van der Waals surface area contributed by atoms with Gasteiger partial charge in [0, 0.05) is 0 Å². The number of amides is 1. The topological polar surface area (TPSA) is 110 Å². The fourth-order valence-electron chi connectivity index (χ4n) is 7.44. The molecule has 0 fully saturated rings. The molecule has 5 N–H and O–H groups in total. The number of carbonyl (C=O) groups is 1. The normalized spacial score (nSPS) is 14.3. The highest BCUT2D eigenvalue weighted by atomic mass is 16.3. The van der Waals surface area contributed by atoms with Crippen LogP contribution in [0.15, 0.2) is 36.5 Å². The molecule has 0 saturated carbocycles. The first-order valence-electron chi connectivity index (χ1n) is 24.4. The van der Waals surface area contributed by atoms with E-state index in [0.717, 1.165) is 51.4 Å². The van der Waals surface area contributed by atoms with Crippen LogP contribution >= 0.6 is 0 Å². The van der Waals surface area contributed by atoms with Gasteiger partial charge in [-0.2, -0.15) is 0 Å². The SMILES string of the molecule is CCCCCC/C=C/CC/C=C/CC/C=C/CCCC(O)C(O)C(CO)NC(=O)C(O)CCCCCCCCCCCCCCCCCCCCCCCCC. The Morgan fingerprint density at radius 1 is 0.429 bits per heavy atom. The Morgan fingerprint density at radius 3 is 1.12 bits per heavy atom. The van der Waals surface area contributed by atoms with Gasteiger partial charge in [0.25, 0.3) is 0 Å². The largest absolute Gasteiger partial charge is 0.394 e. The molecule has 56 heavy (non-hydrogen) atoms. The smallest absolute Gasteiger partial charge is 0.249 e. The van der Waals surface area contributed by atoms with Crippen LogP contribution in [-0.4, -0.2) is 57.3 Å². The molecule has 0 bridgehead atoms. The molecule has 0 aliphatic carbocycles. The second-order valence-corrected chi connectivity index (χ2v) is 16.8. The summed E-state index contributed by atoms with van der Waals surface area (Å²) in [5.41, 5.74) is 0. The Bertz CT molecular complexity index is 889. The minimum absolute atomic E-state index is 0.362. The van der Waals surface area contributed by atoms with E-state index in [-0.39, 0.29) is 0 Å². The average Bonchev–Trinajstić information content (AvgIpc) is 3.20. The van der Waals surface area contributed by atoms with Crippen LogP contribution in [0.5, 0.6) is 0 Å². The van der Waals surface area contributed by atoms with E-state index in [9.17, 15) is 25.2 Å². The number of nitrogens with one attached hydrogen (secondary N) is 1. The van der Waals surface area contributed by atoms with E-state index in [1.165, 1.54) is 161 Å². The van der Waals surface area contributed by atoms with Crippen LogP contribution in [0.4, 0.5) is 0 Å². The molecule has 0 saturated heterocycles. The summed E-state index contributed by atoms with van der Waals surface area (Å²) in [6.07, 6.45) is 53.3. The fourth-order valence-corrected chi connectivity index (χ4v) is 7.44. The van der Waals surface area contributed by atoms with E-state index in [1.807, 2.05) is 0 Å². The molecule has 4 unspecified atom stereocenters. The predicted octanol–water partition coefficient (Wildman–Crippen LogP) is 13.3. The maximum absolute atomic E-state index is 12.5. The molecule has 0 radical (unpaired) electrons. The van der Waals surface area contributed by atoms with Gasteiger partial charge in [-0.25, -0.2) is 0 Å². The molecule has 4 atom stereocenters. The van der Waals surface area contributed by atoms with E-state index in [2.05, 4.69) is 55.6 Å². The molecule has 0 aliphatic heterocycles. The molecule has 0 aromatic rings. The second kappa shape index (κ2) is 44.6. The van der Waals surface area contributed by atoms with Gasteiger partial charge in [-0.15, -0.1) is 0 Å². The highest BCUT2D eigenvalue weighted by molar-refractivity contribution is 5.80. The van der Waals surface area contributed by atoms with Crippen LogP contribution in [0.1, 0.15) is 245 Å². The minimum Gasteiger partial charge on any atom is -0.394 e. The molecule has 0 aliphatic rings. The van der Waals surface area contributed by atoms with Gasteiger partial charge >= 0.3 is 0 Å². The third-order valence-electron chi connectivity index (χ3n) is 11.3. The van der Waals surface area contributed by atoms with Gasteiger partial charge in [0.05, 0.1) is 18.8 Å². The predicted molar refractivity (Wildman–Crippen MR) is 242 cm³/mol. The van der Waals surface area contributed by atoms with Gasteiger partial charge in [-0.05, 0) is 64.2 Å². The van der Waals surface area contributed by atoms with Crippen molar-refractivity contribution in [1.82, 2.24) is 5.32 Å². The minimum atomic E-state index is -1.29. The molecular weight excluding hydrogens is 695 g/mol. The summed E-state index contributed by atoms with van der Waals surface area (Å²) in [4.78, 5) is 12.5. The van der Waals surface area contributed by atoms with Gasteiger partial charge in [0.2, 0.25) is 5.91 Å². The Hall–Kier alpha value is -1.47. The van der Waals surface area contributed by atoms with E-state index in [4.69, 9.17) is 0 Å². The number of carbonyl (C=O) groups excluding carboxylic acids is 1. The van der Waals surface area contributed by atoms with E-state index < -0.39 is 36.9 Å². The Labute approximate surface area is 347 Å². The number of aliphatic hydroxyl groups is 4. The highest BCUT2D eigenvalue weighted by Gasteiger charge is 2.28. The second-order valence-electron chi connectivity index (χ2n) is 16.8. The van der Waals surface area contributed by atoms with Crippen molar-refractivity contribution in [2.45, 2.75) is 269 Å². The number of hydrogen-bond donors (Lipinski definition) is 5. The Balaban J connectivity index is 3.72. The first-order chi connectivity index (χ1) is 27.5. The van der Waals surface area contributed by atoms with Crippen molar-refractivity contribution in [1.29, 1.82) is 0 Å². The van der Waals surface area contributed by atoms with Gasteiger partial charge in [0.15, 0.2) is 0 Å². The molecule has 6 nitrogen and oxygen atoms in total. The lowest BCUT2D eigenvalue weighted by atomic mass is 10.00. The zero-order valence-electron chi connectivity index (χ0n) is 37.1. The molecule has 6 heteroatoms. The summed E-state index contributed by atoms with van der Waals surface area (Å²) in [5, 5.41) is 43.7. The lowest BCUT2D eigenvalue weighted by Crippen LogP contribution is -2.53. The number of allylic oxidation sites excluding steroid dienone is 6. The number of hydrogen-bond acceptors (Lipinski definition) is 5. The number of unbranched alkanes of at least 4 members (excludes halogenated alkanes) is 29. The third kappa shape index (κ3) is 38.1. The van der Waals surface area contributed by atoms with Gasteiger partial charge in [-0.1, -0.05) is 217 Å². The van der Waals surface area contributed by atoms with Crippen LogP contribution in [-0.2, 0) is 4.79 Å². The molecule has 1 amide bonds. The lowest BCUT2D eigenvalue weighted by Gasteiger charge is -2.27. The summed E-state index contributed by atoms with van der Waals surface area (Å²) in [7, 11) is 0. The lowest BCUT2D eigenvalue weighted by molar-refractivity contribution is -0.132. The Morgan fingerprint density at radius 2 is 0.750 bits per heavy atom. The first-order valence-corrected chi connectivity index (χ1v) is 24.4. The standard InChI is InChI=1S/C50H95NO5/c1-3-5-7-9-11-13-15-17-19-21-22-23-24-25-26-28-30-32-34-36-38-40-42-44-48(54)50(56)51-46(45-52)49(55)47(53)43-41-39-37-35-33-31-29-27-20-18-16-14-12-10-8-6-4-2/h14,16,27,29,35,37,46-49,52-55H,3-13,15,17-26,28,30-34,36,38-45H2,1-2H3,(H,51,56)/b16-14+,29-27+,37-35+. The molecule has 0 heterocycles. The van der Waals surface area contributed by atoms with E-state index in [0.29, 0.717) is 19.3 Å². The van der Waals surface area contributed by atoms with Crippen molar-refractivity contribution in [2.75, 3.05) is 6.61 Å². The molecular formula is C50H95NO5. The van der Waals surface area contributed by atoms with Gasteiger partial charge in [-0.3, -0.25) is 4.79 Å². The molecule has 0 rings (SSSR count). The third-order valence-corrected chi connectivity index (χ3v) is 11.3. The fraction of sp³-hybridized carbons (Fsp3) is 0.860. The van der Waals surface area contributed by atoms with Crippen LogP contribution in [0.3, 0.4) is 0 Å². The number of rotatable bonds is 44. The molecule has 0 aromatic heterocycles. The van der Waals surface area contributed by atoms with Crippen molar-refractivity contribution in [3.05, 3.63) is 36.5 Å². The van der Waals surface area contributed by atoms with Crippen molar-refractivity contribution < 1.29 is 25.2 Å². The summed E-state index contributed by atoms with van der Waals surface area (Å²) in [5.74, 6) is -0.597. The number of aliphatic hydroxyl groups excluding tert-OH is 4. The highest BCUT2D eigenvalue weighted by Crippen LogP contribution is 2.17. The van der Waals surface area contributed by atoms with E-state index in [1.54, 1.807) is 0 Å². The Kier molecular flexibility index (Phi) is 43.5. The molecule has 0 spiro atoms. The zero-order valence-corrected chi connectivity index (χ0v) is 37.1. The van der Waals surface area contributed by atoms with E-state index >= 15 is 0 Å². The summed E-state index contributed by atoms with van der Waals surface area (Å²) in [6.45, 7) is 4.03. The van der Waals surface area contributed by atoms with Crippen LogP contribution in [0, 0.1) is 0 Å². The van der Waals surface area contributed by atoms with Crippen molar-refractivity contribution >= 4 is 5.91 Å². The maximum atomic E-state index is 12.5. The first kappa shape index (κ1) is 54.5. The van der Waals surface area contributed by atoms with Crippen LogP contribution in [0.25, 0.3) is 0 Å². The summed E-state index contributed by atoms with van der Waals surface area (Å²) in [6, 6.07) is -1.01. The van der Waals surface area contributed by atoms with Crippen molar-refractivity contribution in [3.63, 3.8) is 0 Å². The maximum Gasteiger partial charge on any atom is 0.249 e. The van der Waals surface area contributed by atoms with Gasteiger partial charge in [0.1, 0.15) is 12.2 Å². The van der Waals surface area contributed by atoms with Crippen LogP contribution < -0.4 is 5.32 Å². The summed E-state index contributed by atoms with van der Waals surface area (Å²) < 4.78 is 0. The molecule has 330 valence electrons. The monoisotopic (exact) mass is 790 g/mol. The van der Waals surface area contributed by atoms with Crippen LogP contribution in [0.2, 0.25) is 0 Å². The molecule has 0 aromatic carbocycles. The van der Waals surface area contributed by atoms with Crippen molar-refractivity contribution in [3.8, 4) is 0 Å². The average molecular weight is 790 g/mol. The summed E-state index contributed by atoms with van der Waals surface area (Å²) >= 11 is 0. The quantitative estimate of drug-likeness (QED) is 0.0312. The van der Waals surface area contributed by atoms with Gasteiger partial charge < -0.3 is 25.7 Å². The van der Waals surface area contributed by atoms with Crippen molar-refractivity contribution in [2.24, 2.45) is 0 Å².